The quantitative estimate of drug-likeness (QED) is 0.763. The summed E-state index contributed by atoms with van der Waals surface area (Å²) in [5, 5.41) is 3.52. The summed E-state index contributed by atoms with van der Waals surface area (Å²) in [7, 11) is 2.23. The maximum absolute atomic E-state index is 3.52. The topological polar surface area (TPSA) is 18.5 Å². The fourth-order valence-corrected chi connectivity index (χ4v) is 2.62. The highest BCUT2D eigenvalue weighted by Gasteiger charge is 2.29. The van der Waals surface area contributed by atoms with Crippen molar-refractivity contribution in [3.05, 3.63) is 0 Å². The molecular formula is C14H31N3. The molecule has 1 heterocycles. The molecule has 17 heavy (non-hydrogen) atoms. The van der Waals surface area contributed by atoms with Gasteiger partial charge in [0.2, 0.25) is 0 Å². The molecule has 1 saturated heterocycles. The summed E-state index contributed by atoms with van der Waals surface area (Å²) in [6.45, 7) is 16.4. The number of piperazine rings is 1. The van der Waals surface area contributed by atoms with E-state index in [1.807, 2.05) is 0 Å². The maximum Gasteiger partial charge on any atom is 0.0195 e. The Morgan fingerprint density at radius 2 is 2.00 bits per heavy atom. The molecule has 1 aliphatic heterocycles. The van der Waals surface area contributed by atoms with Crippen LogP contribution in [-0.2, 0) is 0 Å². The second-order valence-electron chi connectivity index (χ2n) is 6.03. The smallest absolute Gasteiger partial charge is 0.0195 e. The lowest BCUT2D eigenvalue weighted by atomic mass is 9.86. The van der Waals surface area contributed by atoms with Crippen LogP contribution < -0.4 is 5.32 Å². The molecule has 0 aliphatic carbocycles. The summed E-state index contributed by atoms with van der Waals surface area (Å²) in [4.78, 5) is 5.11. The first-order chi connectivity index (χ1) is 8.00. The van der Waals surface area contributed by atoms with Crippen LogP contribution in [-0.4, -0.2) is 62.2 Å². The van der Waals surface area contributed by atoms with Crippen LogP contribution in [0.4, 0.5) is 0 Å². The lowest BCUT2D eigenvalue weighted by molar-refractivity contribution is 0.0581. The molecule has 0 amide bonds. The summed E-state index contributed by atoms with van der Waals surface area (Å²) in [6.07, 6.45) is 1.25. The van der Waals surface area contributed by atoms with E-state index >= 15 is 0 Å². The first kappa shape index (κ1) is 14.9. The normalized spacial score (nSPS) is 27.0. The van der Waals surface area contributed by atoms with Crippen molar-refractivity contribution < 1.29 is 0 Å². The van der Waals surface area contributed by atoms with Gasteiger partial charge in [-0.3, -0.25) is 4.90 Å². The van der Waals surface area contributed by atoms with Gasteiger partial charge in [0.25, 0.3) is 0 Å². The number of hydrogen-bond acceptors (Lipinski definition) is 3. The first-order valence-electron chi connectivity index (χ1n) is 7.14. The average Bonchev–Trinajstić information content (AvgIpc) is 2.30. The molecule has 1 rings (SSSR count). The van der Waals surface area contributed by atoms with Crippen LogP contribution in [0.1, 0.15) is 34.1 Å². The Morgan fingerprint density at radius 3 is 2.53 bits per heavy atom. The van der Waals surface area contributed by atoms with Crippen LogP contribution in [0.5, 0.6) is 0 Å². The number of nitrogens with zero attached hydrogens (tertiary/aromatic N) is 2. The van der Waals surface area contributed by atoms with Crippen LogP contribution in [0.3, 0.4) is 0 Å². The van der Waals surface area contributed by atoms with Crippen molar-refractivity contribution in [2.24, 2.45) is 5.41 Å². The Hall–Kier alpha value is -0.120. The highest BCUT2D eigenvalue weighted by molar-refractivity contribution is 4.85. The summed E-state index contributed by atoms with van der Waals surface area (Å²) in [5.74, 6) is 0. The molecule has 0 bridgehead atoms. The minimum Gasteiger partial charge on any atom is -0.316 e. The van der Waals surface area contributed by atoms with Gasteiger partial charge in [0, 0.05) is 38.8 Å². The Bertz CT molecular complexity index is 220. The van der Waals surface area contributed by atoms with Gasteiger partial charge >= 0.3 is 0 Å². The van der Waals surface area contributed by atoms with E-state index in [4.69, 9.17) is 0 Å². The fraction of sp³-hybridized carbons (Fsp3) is 1.00. The maximum atomic E-state index is 3.52. The van der Waals surface area contributed by atoms with Crippen LogP contribution in [0.15, 0.2) is 0 Å². The Balaban J connectivity index is 2.49. The molecule has 0 saturated carbocycles. The van der Waals surface area contributed by atoms with E-state index in [-0.39, 0.29) is 0 Å². The van der Waals surface area contributed by atoms with E-state index in [2.05, 4.69) is 49.9 Å². The van der Waals surface area contributed by atoms with Crippen molar-refractivity contribution in [1.29, 1.82) is 0 Å². The van der Waals surface area contributed by atoms with E-state index in [1.165, 1.54) is 32.6 Å². The minimum atomic E-state index is 0.417. The second kappa shape index (κ2) is 6.72. The van der Waals surface area contributed by atoms with Crippen LogP contribution in [0, 0.1) is 5.41 Å². The van der Waals surface area contributed by atoms with Crippen molar-refractivity contribution in [2.75, 3.05) is 46.3 Å². The predicted molar refractivity (Wildman–Crippen MR) is 75.5 cm³/mol. The second-order valence-corrected chi connectivity index (χ2v) is 6.03. The number of likely N-dealkylation sites (N-methyl/N-ethyl adjacent to an activating group) is 1. The van der Waals surface area contributed by atoms with Crippen LogP contribution in [0.25, 0.3) is 0 Å². The van der Waals surface area contributed by atoms with Gasteiger partial charge in [-0.1, -0.05) is 20.8 Å². The van der Waals surface area contributed by atoms with Gasteiger partial charge in [-0.25, -0.2) is 0 Å². The number of hydrogen-bond donors (Lipinski definition) is 1. The molecule has 2 unspecified atom stereocenters. The lowest BCUT2D eigenvalue weighted by Gasteiger charge is -2.43. The third-order valence-electron chi connectivity index (χ3n) is 4.21. The zero-order chi connectivity index (χ0) is 12.9. The van der Waals surface area contributed by atoms with Gasteiger partial charge in [0.15, 0.2) is 0 Å². The molecule has 0 aromatic carbocycles. The third-order valence-corrected chi connectivity index (χ3v) is 4.21. The molecule has 0 radical (unpaired) electrons. The minimum absolute atomic E-state index is 0.417. The molecule has 0 aromatic heterocycles. The summed E-state index contributed by atoms with van der Waals surface area (Å²) < 4.78 is 0. The molecule has 102 valence electrons. The highest BCUT2D eigenvalue weighted by atomic mass is 15.3. The molecule has 2 atom stereocenters. The molecule has 3 nitrogen and oxygen atoms in total. The zero-order valence-corrected chi connectivity index (χ0v) is 12.4. The van der Waals surface area contributed by atoms with Crippen LogP contribution in [0.2, 0.25) is 0 Å². The average molecular weight is 241 g/mol. The van der Waals surface area contributed by atoms with Crippen LogP contribution >= 0.6 is 0 Å². The number of rotatable bonds is 6. The Kier molecular flexibility index (Phi) is 5.90. The van der Waals surface area contributed by atoms with Crippen molar-refractivity contribution in [3.8, 4) is 0 Å². The van der Waals surface area contributed by atoms with Gasteiger partial charge in [0.1, 0.15) is 0 Å². The molecule has 1 aliphatic rings. The molecule has 1 N–H and O–H groups in total. The van der Waals surface area contributed by atoms with E-state index in [0.29, 0.717) is 11.5 Å². The summed E-state index contributed by atoms with van der Waals surface area (Å²) in [5.41, 5.74) is 0.417. The van der Waals surface area contributed by atoms with Crippen molar-refractivity contribution in [3.63, 3.8) is 0 Å². The van der Waals surface area contributed by atoms with E-state index in [9.17, 15) is 0 Å². The standard InChI is InChI=1S/C14H31N3/c1-6-14(4,11-15-7-2)12-17-9-8-16(5)10-13(17)3/h13,15H,6-12H2,1-5H3. The SMILES string of the molecule is CCNCC(C)(CC)CN1CCN(C)CC1C. The van der Waals surface area contributed by atoms with Crippen molar-refractivity contribution >= 4 is 0 Å². The molecule has 1 fully saturated rings. The largest absolute Gasteiger partial charge is 0.316 e. The van der Waals surface area contributed by atoms with Gasteiger partial charge in [-0.2, -0.15) is 0 Å². The van der Waals surface area contributed by atoms with Crippen molar-refractivity contribution in [2.45, 2.75) is 40.2 Å². The molecule has 3 heteroatoms. The van der Waals surface area contributed by atoms with E-state index in [0.717, 1.165) is 13.1 Å². The fourth-order valence-electron chi connectivity index (χ4n) is 2.62. The molecular weight excluding hydrogens is 210 g/mol. The zero-order valence-electron chi connectivity index (χ0n) is 12.4. The molecule has 0 aromatic rings. The lowest BCUT2D eigenvalue weighted by Crippen LogP contribution is -2.54. The number of nitrogens with one attached hydrogen (secondary N) is 1. The van der Waals surface area contributed by atoms with Gasteiger partial charge in [0.05, 0.1) is 0 Å². The molecule has 0 spiro atoms. The van der Waals surface area contributed by atoms with E-state index < -0.39 is 0 Å². The summed E-state index contributed by atoms with van der Waals surface area (Å²) >= 11 is 0. The van der Waals surface area contributed by atoms with Gasteiger partial charge in [-0.05, 0) is 32.4 Å². The van der Waals surface area contributed by atoms with Crippen molar-refractivity contribution in [1.82, 2.24) is 15.1 Å². The monoisotopic (exact) mass is 241 g/mol. The first-order valence-corrected chi connectivity index (χ1v) is 7.14. The predicted octanol–water partition coefficient (Wildman–Crippen LogP) is 1.65. The highest BCUT2D eigenvalue weighted by Crippen LogP contribution is 2.23. The van der Waals surface area contributed by atoms with Gasteiger partial charge < -0.3 is 10.2 Å². The summed E-state index contributed by atoms with van der Waals surface area (Å²) in [6, 6.07) is 0.696. The third kappa shape index (κ3) is 4.57. The Morgan fingerprint density at radius 1 is 1.29 bits per heavy atom. The van der Waals surface area contributed by atoms with E-state index in [1.54, 1.807) is 0 Å². The Labute approximate surface area is 108 Å². The van der Waals surface area contributed by atoms with Gasteiger partial charge in [-0.15, -0.1) is 0 Å².